The molecule has 2 aliphatic rings. The van der Waals surface area contributed by atoms with E-state index in [1.165, 1.54) is 0 Å². The van der Waals surface area contributed by atoms with E-state index in [1.807, 2.05) is 6.92 Å². The molecule has 2 fully saturated rings. The predicted octanol–water partition coefficient (Wildman–Crippen LogP) is 1.51. The van der Waals surface area contributed by atoms with Crippen molar-refractivity contribution in [1.29, 1.82) is 0 Å². The highest BCUT2D eigenvalue weighted by molar-refractivity contribution is 5.95. The Bertz CT molecular complexity index is 637. The van der Waals surface area contributed by atoms with Crippen LogP contribution in [0.5, 0.6) is 5.75 Å². The van der Waals surface area contributed by atoms with Crippen LogP contribution in [0.2, 0.25) is 0 Å². The Labute approximate surface area is 166 Å². The first kappa shape index (κ1) is 20.8. The third kappa shape index (κ3) is 5.77. The van der Waals surface area contributed by atoms with Gasteiger partial charge < -0.3 is 19.5 Å². The van der Waals surface area contributed by atoms with Crippen LogP contribution in [-0.2, 0) is 14.3 Å². The van der Waals surface area contributed by atoms with E-state index < -0.39 is 0 Å². The molecule has 7 heteroatoms. The summed E-state index contributed by atoms with van der Waals surface area (Å²) >= 11 is 0. The number of carbonyl (C=O) groups excluding carboxylic acids is 2. The fourth-order valence-corrected chi connectivity index (χ4v) is 3.72. The Morgan fingerprint density at radius 2 is 1.93 bits per heavy atom. The van der Waals surface area contributed by atoms with E-state index in [9.17, 15) is 9.59 Å². The van der Waals surface area contributed by atoms with Gasteiger partial charge in [0.15, 0.2) is 12.4 Å². The molecule has 1 N–H and O–H groups in total. The van der Waals surface area contributed by atoms with Crippen LogP contribution in [0.1, 0.15) is 30.1 Å². The molecule has 28 heavy (non-hydrogen) atoms. The second kappa shape index (κ2) is 10.5. The maximum atomic E-state index is 12.3. The van der Waals surface area contributed by atoms with Gasteiger partial charge in [-0.25, -0.2) is 0 Å². The minimum atomic E-state index is -0.147. The van der Waals surface area contributed by atoms with E-state index in [2.05, 4.69) is 10.2 Å². The molecule has 2 unspecified atom stereocenters. The molecule has 1 aromatic carbocycles. The molecule has 1 aromatic rings. The molecule has 0 radical (unpaired) electrons. The average Bonchev–Trinajstić information content (AvgIpc) is 3.27. The van der Waals surface area contributed by atoms with E-state index in [1.54, 1.807) is 24.3 Å². The fourth-order valence-electron chi connectivity index (χ4n) is 3.72. The number of nitrogens with one attached hydrogen (secondary N) is 1. The van der Waals surface area contributed by atoms with Gasteiger partial charge in [-0.05, 0) is 30.7 Å². The maximum absolute atomic E-state index is 12.3. The summed E-state index contributed by atoms with van der Waals surface area (Å²) in [4.78, 5) is 26.3. The van der Waals surface area contributed by atoms with Gasteiger partial charge >= 0.3 is 0 Å². The van der Waals surface area contributed by atoms with Crippen LogP contribution in [-0.4, -0.2) is 75.3 Å². The molecule has 0 aliphatic carbocycles. The molecule has 3 rings (SSSR count). The Hall–Kier alpha value is -1.96. The number of Topliss-reactive ketones (excluding diaryl/α,β-unsaturated/α-hetero) is 1. The van der Waals surface area contributed by atoms with Gasteiger partial charge in [0.2, 0.25) is 0 Å². The van der Waals surface area contributed by atoms with Gasteiger partial charge in [-0.3, -0.25) is 14.5 Å². The van der Waals surface area contributed by atoms with Crippen LogP contribution in [0.4, 0.5) is 0 Å². The molecular weight excluding hydrogens is 360 g/mol. The highest BCUT2D eigenvalue weighted by Gasteiger charge is 2.31. The van der Waals surface area contributed by atoms with Gasteiger partial charge in [-0.1, -0.05) is 6.92 Å². The van der Waals surface area contributed by atoms with Crippen molar-refractivity contribution in [2.45, 2.75) is 25.8 Å². The van der Waals surface area contributed by atoms with Crippen LogP contribution in [0.25, 0.3) is 0 Å². The van der Waals surface area contributed by atoms with Crippen molar-refractivity contribution in [2.75, 3.05) is 52.7 Å². The summed E-state index contributed by atoms with van der Waals surface area (Å²) in [5.41, 5.74) is 0.659. The largest absolute Gasteiger partial charge is 0.484 e. The molecule has 0 saturated carbocycles. The zero-order valence-corrected chi connectivity index (χ0v) is 16.5. The van der Waals surface area contributed by atoms with Gasteiger partial charge in [0.05, 0.1) is 19.8 Å². The third-order valence-corrected chi connectivity index (χ3v) is 5.40. The zero-order chi connectivity index (χ0) is 19.8. The Kier molecular flexibility index (Phi) is 7.82. The lowest BCUT2D eigenvalue weighted by molar-refractivity contribution is -0.123. The molecule has 2 heterocycles. The number of ether oxygens (including phenoxy) is 3. The Balaban J connectivity index is 1.46. The van der Waals surface area contributed by atoms with Crippen LogP contribution >= 0.6 is 0 Å². The molecule has 154 valence electrons. The summed E-state index contributed by atoms with van der Waals surface area (Å²) < 4.78 is 16.6. The fraction of sp³-hybridized carbons (Fsp3) is 0.619. The highest BCUT2D eigenvalue weighted by atomic mass is 16.5. The van der Waals surface area contributed by atoms with Crippen molar-refractivity contribution in [2.24, 2.45) is 5.92 Å². The number of morpholine rings is 1. The van der Waals surface area contributed by atoms with Crippen molar-refractivity contribution in [3.05, 3.63) is 29.8 Å². The second-order valence-electron chi connectivity index (χ2n) is 7.23. The quantitative estimate of drug-likeness (QED) is 0.644. The summed E-state index contributed by atoms with van der Waals surface area (Å²) in [7, 11) is 0. The molecule has 2 atom stereocenters. The first-order valence-corrected chi connectivity index (χ1v) is 10.1. The highest BCUT2D eigenvalue weighted by Crippen LogP contribution is 2.22. The van der Waals surface area contributed by atoms with E-state index in [0.717, 1.165) is 45.9 Å². The molecule has 2 aliphatic heterocycles. The van der Waals surface area contributed by atoms with Gasteiger partial charge in [-0.2, -0.15) is 0 Å². The number of ketones is 1. The van der Waals surface area contributed by atoms with E-state index >= 15 is 0 Å². The first-order chi connectivity index (χ1) is 13.7. The molecule has 1 amide bonds. The summed E-state index contributed by atoms with van der Waals surface area (Å²) in [5, 5.41) is 3.01. The van der Waals surface area contributed by atoms with Crippen molar-refractivity contribution in [3.8, 4) is 5.75 Å². The molecule has 7 nitrogen and oxygen atoms in total. The van der Waals surface area contributed by atoms with Crippen LogP contribution in [0, 0.1) is 5.92 Å². The lowest BCUT2D eigenvalue weighted by Gasteiger charge is -2.37. The van der Waals surface area contributed by atoms with E-state index in [-0.39, 0.29) is 24.3 Å². The smallest absolute Gasteiger partial charge is 0.257 e. The predicted molar refractivity (Wildman–Crippen MR) is 105 cm³/mol. The standard InChI is InChI=1S/C21H30N2O5/c1-2-20(24)16-3-5-18(6-4-16)28-15-21(25)22-13-19(17-7-10-27-14-17)23-8-11-26-12-9-23/h3-6,17,19H,2,7-15H2,1H3,(H,22,25). The Morgan fingerprint density at radius 3 is 2.57 bits per heavy atom. The SMILES string of the molecule is CCC(=O)c1ccc(OCC(=O)NCC(C2CCOC2)N2CCOCC2)cc1. The van der Waals surface area contributed by atoms with Crippen molar-refractivity contribution >= 4 is 11.7 Å². The summed E-state index contributed by atoms with van der Waals surface area (Å²) in [6.45, 7) is 7.15. The average molecular weight is 390 g/mol. The molecule has 2 saturated heterocycles. The third-order valence-electron chi connectivity index (χ3n) is 5.40. The molecule has 0 spiro atoms. The number of carbonyl (C=O) groups is 2. The lowest BCUT2D eigenvalue weighted by atomic mass is 9.97. The lowest BCUT2D eigenvalue weighted by Crippen LogP contribution is -2.52. The van der Waals surface area contributed by atoms with Crippen molar-refractivity contribution in [1.82, 2.24) is 10.2 Å². The Morgan fingerprint density at radius 1 is 1.18 bits per heavy atom. The normalized spacial score (nSPS) is 21.2. The summed E-state index contributed by atoms with van der Waals surface area (Å²) in [6.07, 6.45) is 1.50. The monoisotopic (exact) mass is 390 g/mol. The van der Waals surface area contributed by atoms with E-state index in [4.69, 9.17) is 14.2 Å². The van der Waals surface area contributed by atoms with Gasteiger partial charge in [-0.15, -0.1) is 0 Å². The maximum Gasteiger partial charge on any atom is 0.257 e. The molecular formula is C21H30N2O5. The van der Waals surface area contributed by atoms with Gasteiger partial charge in [0, 0.05) is 50.2 Å². The minimum absolute atomic E-state index is 0.0436. The summed E-state index contributed by atoms with van der Waals surface area (Å²) in [6, 6.07) is 7.17. The van der Waals surface area contributed by atoms with Crippen LogP contribution in [0.15, 0.2) is 24.3 Å². The number of hydrogen-bond donors (Lipinski definition) is 1. The minimum Gasteiger partial charge on any atom is -0.484 e. The topological polar surface area (TPSA) is 77.1 Å². The number of amides is 1. The number of hydrogen-bond acceptors (Lipinski definition) is 6. The van der Waals surface area contributed by atoms with Gasteiger partial charge in [0.1, 0.15) is 5.75 Å². The van der Waals surface area contributed by atoms with Crippen molar-refractivity contribution in [3.63, 3.8) is 0 Å². The molecule has 0 bridgehead atoms. The van der Waals surface area contributed by atoms with Gasteiger partial charge in [0.25, 0.3) is 5.91 Å². The first-order valence-electron chi connectivity index (χ1n) is 10.1. The zero-order valence-electron chi connectivity index (χ0n) is 16.5. The second-order valence-corrected chi connectivity index (χ2v) is 7.23. The van der Waals surface area contributed by atoms with E-state index in [0.29, 0.717) is 30.2 Å². The number of nitrogens with zero attached hydrogens (tertiary/aromatic N) is 1. The van der Waals surface area contributed by atoms with Crippen LogP contribution < -0.4 is 10.1 Å². The summed E-state index contributed by atoms with van der Waals surface area (Å²) in [5.74, 6) is 0.958. The van der Waals surface area contributed by atoms with Crippen LogP contribution in [0.3, 0.4) is 0 Å². The number of benzene rings is 1. The van der Waals surface area contributed by atoms with Crippen molar-refractivity contribution < 1.29 is 23.8 Å². The number of rotatable bonds is 9. The molecule has 0 aromatic heterocycles.